The molecule has 0 aromatic carbocycles. The molecule has 2 rings (SSSR count). The molecule has 2 heterocycles. The largest absolute Gasteiger partial charge is 0.372 e. The Balaban J connectivity index is 2.08. The van der Waals surface area contributed by atoms with Crippen molar-refractivity contribution in [1.29, 1.82) is 0 Å². The lowest BCUT2D eigenvalue weighted by molar-refractivity contribution is -0.169. The first-order chi connectivity index (χ1) is 9.11. The molecule has 0 radical (unpaired) electrons. The molecule has 2 aliphatic rings. The summed E-state index contributed by atoms with van der Waals surface area (Å²) < 4.78 is 11.4. The third-order valence-electron chi connectivity index (χ3n) is 4.26. The molecule has 0 saturated carbocycles. The first-order valence-electron chi connectivity index (χ1n) is 7.32. The summed E-state index contributed by atoms with van der Waals surface area (Å²) in [5.74, 6) is 0.144. The minimum atomic E-state index is -0.624. The minimum absolute atomic E-state index is 0.110. The molecular formula is C14H26N2O3. The van der Waals surface area contributed by atoms with Gasteiger partial charge in [0, 0.05) is 20.2 Å². The summed E-state index contributed by atoms with van der Waals surface area (Å²) >= 11 is 0. The molecule has 1 amide bonds. The van der Waals surface area contributed by atoms with Crippen molar-refractivity contribution >= 4 is 5.91 Å². The van der Waals surface area contributed by atoms with Crippen LogP contribution in [0.3, 0.4) is 0 Å². The average Bonchev–Trinajstić information content (AvgIpc) is 2.46. The van der Waals surface area contributed by atoms with E-state index in [1.807, 2.05) is 11.8 Å². The molecule has 19 heavy (non-hydrogen) atoms. The Bertz CT molecular complexity index is 316. The van der Waals surface area contributed by atoms with Gasteiger partial charge in [-0.2, -0.15) is 0 Å². The lowest BCUT2D eigenvalue weighted by Crippen LogP contribution is -2.59. The monoisotopic (exact) mass is 270 g/mol. The van der Waals surface area contributed by atoms with Crippen LogP contribution in [0, 0.1) is 0 Å². The Hall–Kier alpha value is -0.650. The van der Waals surface area contributed by atoms with Crippen LogP contribution in [-0.2, 0) is 14.3 Å². The fraction of sp³-hybridized carbons (Fsp3) is 0.929. The normalized spacial score (nSPS) is 31.2. The van der Waals surface area contributed by atoms with Crippen molar-refractivity contribution in [2.24, 2.45) is 0 Å². The Kier molecular flexibility index (Phi) is 4.81. The van der Waals surface area contributed by atoms with E-state index >= 15 is 0 Å². The zero-order valence-electron chi connectivity index (χ0n) is 12.3. The number of nitrogens with zero attached hydrogens (tertiary/aromatic N) is 1. The number of nitrogens with one attached hydrogen (secondary N) is 1. The SMILES string of the molecule is CCC1CN(C(=O)C2(OC)CCNCC2)CC(C)O1. The maximum absolute atomic E-state index is 12.8. The Labute approximate surface area is 115 Å². The molecule has 110 valence electrons. The summed E-state index contributed by atoms with van der Waals surface area (Å²) in [6.45, 7) is 7.19. The predicted molar refractivity (Wildman–Crippen MR) is 73.0 cm³/mol. The van der Waals surface area contributed by atoms with Gasteiger partial charge in [-0.3, -0.25) is 4.79 Å². The molecule has 0 aromatic heterocycles. The lowest BCUT2D eigenvalue weighted by Gasteiger charge is -2.43. The maximum Gasteiger partial charge on any atom is 0.255 e. The number of ether oxygens (including phenoxy) is 2. The number of carbonyl (C=O) groups is 1. The quantitative estimate of drug-likeness (QED) is 0.823. The van der Waals surface area contributed by atoms with E-state index < -0.39 is 5.60 Å². The van der Waals surface area contributed by atoms with Crippen molar-refractivity contribution in [3.8, 4) is 0 Å². The van der Waals surface area contributed by atoms with Crippen molar-refractivity contribution in [2.75, 3.05) is 33.3 Å². The fourth-order valence-corrected chi connectivity index (χ4v) is 3.06. The van der Waals surface area contributed by atoms with E-state index in [0.29, 0.717) is 13.1 Å². The van der Waals surface area contributed by atoms with Gasteiger partial charge in [-0.25, -0.2) is 0 Å². The van der Waals surface area contributed by atoms with Crippen molar-refractivity contribution in [3.05, 3.63) is 0 Å². The van der Waals surface area contributed by atoms with Gasteiger partial charge in [0.2, 0.25) is 0 Å². The highest BCUT2D eigenvalue weighted by Gasteiger charge is 2.44. The first-order valence-corrected chi connectivity index (χ1v) is 7.32. The molecule has 0 spiro atoms. The number of hydrogen-bond donors (Lipinski definition) is 1. The van der Waals surface area contributed by atoms with Crippen LogP contribution in [0.15, 0.2) is 0 Å². The number of hydrogen-bond acceptors (Lipinski definition) is 4. The molecule has 2 atom stereocenters. The van der Waals surface area contributed by atoms with E-state index in [1.165, 1.54) is 0 Å². The van der Waals surface area contributed by atoms with Crippen LogP contribution in [0.5, 0.6) is 0 Å². The topological polar surface area (TPSA) is 50.8 Å². The molecule has 2 unspecified atom stereocenters. The summed E-state index contributed by atoms with van der Waals surface area (Å²) in [7, 11) is 1.66. The Morgan fingerprint density at radius 2 is 2.11 bits per heavy atom. The second-order valence-corrected chi connectivity index (χ2v) is 5.64. The molecule has 5 nitrogen and oxygen atoms in total. The zero-order valence-corrected chi connectivity index (χ0v) is 12.3. The van der Waals surface area contributed by atoms with Gasteiger partial charge in [0.25, 0.3) is 5.91 Å². The van der Waals surface area contributed by atoms with Crippen LogP contribution in [0.4, 0.5) is 0 Å². The van der Waals surface area contributed by atoms with Gasteiger partial charge in [-0.1, -0.05) is 6.92 Å². The molecule has 2 fully saturated rings. The number of amides is 1. The summed E-state index contributed by atoms with van der Waals surface area (Å²) in [5, 5.41) is 3.28. The van der Waals surface area contributed by atoms with E-state index in [-0.39, 0.29) is 18.1 Å². The first kappa shape index (κ1) is 14.8. The van der Waals surface area contributed by atoms with Crippen LogP contribution in [-0.4, -0.2) is 61.9 Å². The Morgan fingerprint density at radius 1 is 1.42 bits per heavy atom. The van der Waals surface area contributed by atoms with Gasteiger partial charge in [0.1, 0.15) is 5.60 Å². The highest BCUT2D eigenvalue weighted by atomic mass is 16.5. The number of piperidine rings is 1. The van der Waals surface area contributed by atoms with Gasteiger partial charge < -0.3 is 19.7 Å². The zero-order chi connectivity index (χ0) is 13.9. The van der Waals surface area contributed by atoms with Crippen molar-refractivity contribution in [1.82, 2.24) is 10.2 Å². The van der Waals surface area contributed by atoms with E-state index in [0.717, 1.165) is 32.4 Å². The second kappa shape index (κ2) is 6.20. The maximum atomic E-state index is 12.8. The van der Waals surface area contributed by atoms with Crippen molar-refractivity contribution in [3.63, 3.8) is 0 Å². The van der Waals surface area contributed by atoms with E-state index in [4.69, 9.17) is 9.47 Å². The third-order valence-corrected chi connectivity index (χ3v) is 4.26. The van der Waals surface area contributed by atoms with Gasteiger partial charge in [-0.05, 0) is 39.3 Å². The van der Waals surface area contributed by atoms with E-state index in [2.05, 4.69) is 12.2 Å². The van der Waals surface area contributed by atoms with Crippen LogP contribution in [0.25, 0.3) is 0 Å². The lowest BCUT2D eigenvalue weighted by atomic mass is 9.90. The highest BCUT2D eigenvalue weighted by molar-refractivity contribution is 5.85. The molecule has 0 aromatic rings. The smallest absolute Gasteiger partial charge is 0.255 e. The summed E-state index contributed by atoms with van der Waals surface area (Å²) in [6.07, 6.45) is 2.72. The predicted octanol–water partition coefficient (Wildman–Crippen LogP) is 0.781. The molecule has 5 heteroatoms. The summed E-state index contributed by atoms with van der Waals surface area (Å²) in [5.41, 5.74) is -0.624. The Morgan fingerprint density at radius 3 is 2.68 bits per heavy atom. The fourth-order valence-electron chi connectivity index (χ4n) is 3.06. The van der Waals surface area contributed by atoms with Crippen molar-refractivity contribution < 1.29 is 14.3 Å². The standard InChI is InChI=1S/C14H26N2O3/c1-4-12-10-16(9-11(2)19-12)13(17)14(18-3)5-7-15-8-6-14/h11-12,15H,4-10H2,1-3H3. The van der Waals surface area contributed by atoms with E-state index in [1.54, 1.807) is 7.11 Å². The van der Waals surface area contributed by atoms with E-state index in [9.17, 15) is 4.79 Å². The van der Waals surface area contributed by atoms with Gasteiger partial charge in [-0.15, -0.1) is 0 Å². The highest BCUT2D eigenvalue weighted by Crippen LogP contribution is 2.27. The number of methoxy groups -OCH3 is 1. The molecule has 2 saturated heterocycles. The molecule has 1 N–H and O–H groups in total. The third kappa shape index (κ3) is 3.09. The van der Waals surface area contributed by atoms with Gasteiger partial charge in [0.15, 0.2) is 0 Å². The van der Waals surface area contributed by atoms with Crippen LogP contribution < -0.4 is 5.32 Å². The summed E-state index contributed by atoms with van der Waals surface area (Å²) in [6, 6.07) is 0. The second-order valence-electron chi connectivity index (χ2n) is 5.64. The molecule has 2 aliphatic heterocycles. The van der Waals surface area contributed by atoms with Gasteiger partial charge in [0.05, 0.1) is 12.2 Å². The summed E-state index contributed by atoms with van der Waals surface area (Å²) in [4.78, 5) is 14.8. The van der Waals surface area contributed by atoms with Crippen LogP contribution in [0.2, 0.25) is 0 Å². The number of carbonyl (C=O) groups excluding carboxylic acids is 1. The molecular weight excluding hydrogens is 244 g/mol. The molecule has 0 aliphatic carbocycles. The number of rotatable bonds is 3. The van der Waals surface area contributed by atoms with Crippen LogP contribution in [0.1, 0.15) is 33.1 Å². The van der Waals surface area contributed by atoms with Crippen molar-refractivity contribution in [2.45, 2.75) is 50.9 Å². The minimum Gasteiger partial charge on any atom is -0.372 e. The average molecular weight is 270 g/mol. The number of morpholine rings is 1. The molecule has 0 bridgehead atoms. The van der Waals surface area contributed by atoms with Crippen LogP contribution >= 0.6 is 0 Å². The van der Waals surface area contributed by atoms with Gasteiger partial charge >= 0.3 is 0 Å².